The number of nitrogens with zero attached hydrogens (tertiary/aromatic N) is 4. The Morgan fingerprint density at radius 1 is 1.20 bits per heavy atom. The summed E-state index contributed by atoms with van der Waals surface area (Å²) in [5.41, 5.74) is 1.18. The molecule has 1 amide bonds. The predicted octanol–water partition coefficient (Wildman–Crippen LogP) is 2.70. The van der Waals surface area contributed by atoms with E-state index >= 15 is 0 Å². The lowest BCUT2D eigenvalue weighted by atomic mass is 10.2. The summed E-state index contributed by atoms with van der Waals surface area (Å²) < 4.78 is 0. The predicted molar refractivity (Wildman–Crippen MR) is 103 cm³/mol. The van der Waals surface area contributed by atoms with Crippen LogP contribution in [0.1, 0.15) is 19.4 Å². The van der Waals surface area contributed by atoms with Crippen LogP contribution in [-0.2, 0) is 11.3 Å². The van der Waals surface area contributed by atoms with Crippen LogP contribution in [0.15, 0.2) is 41.9 Å². The van der Waals surface area contributed by atoms with Gasteiger partial charge in [-0.05, 0) is 19.4 Å². The molecule has 134 valence electrons. The first-order valence-corrected chi connectivity index (χ1v) is 9.71. The van der Waals surface area contributed by atoms with E-state index in [9.17, 15) is 4.79 Å². The molecule has 2 aromatic rings. The second-order valence-electron chi connectivity index (χ2n) is 6.68. The number of hydrogen-bond donors (Lipinski definition) is 0. The van der Waals surface area contributed by atoms with Crippen molar-refractivity contribution in [3.05, 3.63) is 47.5 Å². The maximum Gasteiger partial charge on any atom is 0.237 e. The summed E-state index contributed by atoms with van der Waals surface area (Å²) in [7, 11) is 0. The van der Waals surface area contributed by atoms with E-state index in [0.717, 1.165) is 31.3 Å². The number of rotatable bonds is 6. The van der Waals surface area contributed by atoms with E-state index in [2.05, 4.69) is 40.8 Å². The summed E-state index contributed by atoms with van der Waals surface area (Å²) in [4.78, 5) is 23.7. The molecule has 0 bridgehead atoms. The van der Waals surface area contributed by atoms with Crippen molar-refractivity contribution in [2.45, 2.75) is 26.4 Å². The summed E-state index contributed by atoms with van der Waals surface area (Å²) in [6.45, 7) is 9.02. The highest BCUT2D eigenvalue weighted by atomic mass is 32.1. The van der Waals surface area contributed by atoms with Crippen LogP contribution in [0.5, 0.6) is 0 Å². The van der Waals surface area contributed by atoms with E-state index in [1.54, 1.807) is 11.3 Å². The minimum atomic E-state index is 0.198. The Balaban J connectivity index is 1.53. The molecular formula is C19H26N4OS. The molecule has 0 unspecified atom stereocenters. The zero-order chi connectivity index (χ0) is 17.6. The molecular weight excluding hydrogens is 332 g/mol. The Morgan fingerprint density at radius 2 is 1.92 bits per heavy atom. The number of carbonyl (C=O) groups excluding carboxylic acids is 1. The van der Waals surface area contributed by atoms with E-state index in [1.807, 2.05) is 34.7 Å². The van der Waals surface area contributed by atoms with Crippen LogP contribution in [0.25, 0.3) is 0 Å². The highest BCUT2D eigenvalue weighted by Gasteiger charge is 2.24. The first-order chi connectivity index (χ1) is 12.1. The van der Waals surface area contributed by atoms with Gasteiger partial charge in [-0.15, -0.1) is 11.3 Å². The van der Waals surface area contributed by atoms with Crippen LogP contribution in [0.2, 0.25) is 0 Å². The second kappa shape index (κ2) is 8.45. The van der Waals surface area contributed by atoms with Crippen LogP contribution < -0.4 is 4.90 Å². The normalized spacial score (nSPS) is 15.6. The third-order valence-corrected chi connectivity index (χ3v) is 5.39. The summed E-state index contributed by atoms with van der Waals surface area (Å²) in [6, 6.07) is 10.4. The fourth-order valence-corrected chi connectivity index (χ4v) is 3.79. The summed E-state index contributed by atoms with van der Waals surface area (Å²) in [5, 5.41) is 3.09. The number of carbonyl (C=O) groups is 1. The van der Waals surface area contributed by atoms with Gasteiger partial charge in [-0.25, -0.2) is 4.98 Å². The molecule has 2 heterocycles. The van der Waals surface area contributed by atoms with Crippen molar-refractivity contribution in [3.8, 4) is 0 Å². The topological polar surface area (TPSA) is 39.7 Å². The minimum absolute atomic E-state index is 0.198. The smallest absolute Gasteiger partial charge is 0.237 e. The van der Waals surface area contributed by atoms with Gasteiger partial charge in [-0.1, -0.05) is 30.3 Å². The largest absolute Gasteiger partial charge is 0.346 e. The first kappa shape index (κ1) is 17.9. The van der Waals surface area contributed by atoms with Gasteiger partial charge < -0.3 is 9.80 Å². The minimum Gasteiger partial charge on any atom is -0.346 e. The molecule has 1 aliphatic rings. The van der Waals surface area contributed by atoms with Crippen LogP contribution in [0.4, 0.5) is 5.13 Å². The number of piperazine rings is 1. The number of amides is 1. The van der Waals surface area contributed by atoms with Crippen molar-refractivity contribution in [2.75, 3.05) is 37.6 Å². The third-order valence-electron chi connectivity index (χ3n) is 4.56. The molecule has 5 nitrogen and oxygen atoms in total. The number of anilines is 1. The highest BCUT2D eigenvalue weighted by Crippen LogP contribution is 2.19. The van der Waals surface area contributed by atoms with Gasteiger partial charge in [0, 0.05) is 50.3 Å². The standard InChI is InChI=1S/C19H26N4OS/c1-16(2)23(14-17-6-4-3-5-7-17)18(24)15-21-9-11-22(12-10-21)19-20-8-13-25-19/h3-8,13,16H,9-12,14-15H2,1-2H3. The van der Waals surface area contributed by atoms with Crippen LogP contribution in [0, 0.1) is 0 Å². The van der Waals surface area contributed by atoms with Gasteiger partial charge in [0.25, 0.3) is 0 Å². The zero-order valence-electron chi connectivity index (χ0n) is 15.0. The number of thiazole rings is 1. The first-order valence-electron chi connectivity index (χ1n) is 8.83. The van der Waals surface area contributed by atoms with Crippen molar-refractivity contribution in [1.82, 2.24) is 14.8 Å². The van der Waals surface area contributed by atoms with E-state index in [1.165, 1.54) is 5.56 Å². The molecule has 1 aromatic heterocycles. The van der Waals surface area contributed by atoms with E-state index in [0.29, 0.717) is 13.1 Å². The quantitative estimate of drug-likeness (QED) is 0.796. The van der Waals surface area contributed by atoms with Gasteiger partial charge in [0.05, 0.1) is 6.54 Å². The zero-order valence-corrected chi connectivity index (χ0v) is 15.8. The second-order valence-corrected chi connectivity index (χ2v) is 7.55. The Hall–Kier alpha value is -1.92. The molecule has 6 heteroatoms. The molecule has 1 aromatic carbocycles. The van der Waals surface area contributed by atoms with Crippen molar-refractivity contribution in [2.24, 2.45) is 0 Å². The van der Waals surface area contributed by atoms with Crippen LogP contribution in [-0.4, -0.2) is 59.5 Å². The number of hydrogen-bond acceptors (Lipinski definition) is 5. The van der Waals surface area contributed by atoms with Crippen molar-refractivity contribution in [3.63, 3.8) is 0 Å². The summed E-state index contributed by atoms with van der Waals surface area (Å²) in [5.74, 6) is 0.210. The maximum absolute atomic E-state index is 12.8. The molecule has 0 saturated carbocycles. The SMILES string of the molecule is CC(C)N(Cc1ccccc1)C(=O)CN1CCN(c2nccs2)CC1. The Morgan fingerprint density at radius 3 is 2.52 bits per heavy atom. The number of benzene rings is 1. The molecule has 0 radical (unpaired) electrons. The Kier molecular flexibility index (Phi) is 6.04. The molecule has 0 N–H and O–H groups in total. The van der Waals surface area contributed by atoms with E-state index < -0.39 is 0 Å². The van der Waals surface area contributed by atoms with Gasteiger partial charge in [-0.3, -0.25) is 9.69 Å². The van der Waals surface area contributed by atoms with Crippen molar-refractivity contribution in [1.29, 1.82) is 0 Å². The molecule has 3 rings (SSSR count). The van der Waals surface area contributed by atoms with Gasteiger partial charge in [0.1, 0.15) is 0 Å². The lowest BCUT2D eigenvalue weighted by Crippen LogP contribution is -2.51. The third kappa shape index (κ3) is 4.80. The molecule has 0 atom stereocenters. The Bertz CT molecular complexity index is 651. The fourth-order valence-electron chi connectivity index (χ4n) is 3.09. The number of aromatic nitrogens is 1. The summed E-state index contributed by atoms with van der Waals surface area (Å²) in [6.07, 6.45) is 1.85. The van der Waals surface area contributed by atoms with Gasteiger partial charge in [0.2, 0.25) is 5.91 Å². The molecule has 1 fully saturated rings. The van der Waals surface area contributed by atoms with Crippen LogP contribution in [0.3, 0.4) is 0 Å². The molecule has 0 spiro atoms. The van der Waals surface area contributed by atoms with Crippen molar-refractivity contribution < 1.29 is 4.79 Å². The molecule has 1 saturated heterocycles. The Labute approximate surface area is 153 Å². The van der Waals surface area contributed by atoms with Gasteiger partial charge in [0.15, 0.2) is 5.13 Å². The van der Waals surface area contributed by atoms with Gasteiger partial charge >= 0.3 is 0 Å². The lowest BCUT2D eigenvalue weighted by molar-refractivity contribution is -0.134. The van der Waals surface area contributed by atoms with E-state index in [-0.39, 0.29) is 11.9 Å². The molecule has 25 heavy (non-hydrogen) atoms. The maximum atomic E-state index is 12.8. The molecule has 0 aliphatic carbocycles. The highest BCUT2D eigenvalue weighted by molar-refractivity contribution is 7.13. The lowest BCUT2D eigenvalue weighted by Gasteiger charge is -2.36. The monoisotopic (exact) mass is 358 g/mol. The van der Waals surface area contributed by atoms with E-state index in [4.69, 9.17) is 0 Å². The van der Waals surface area contributed by atoms with Crippen LogP contribution >= 0.6 is 11.3 Å². The molecule has 1 aliphatic heterocycles. The van der Waals surface area contributed by atoms with Gasteiger partial charge in [-0.2, -0.15) is 0 Å². The average Bonchev–Trinajstić information content (AvgIpc) is 3.15. The fraction of sp³-hybridized carbons (Fsp3) is 0.474. The van der Waals surface area contributed by atoms with Crippen molar-refractivity contribution >= 4 is 22.4 Å². The summed E-state index contributed by atoms with van der Waals surface area (Å²) >= 11 is 1.68. The average molecular weight is 359 g/mol.